The molecule has 0 fully saturated rings. The molecule has 0 spiro atoms. The molecule has 0 heterocycles. The number of hydrogen-bond donors (Lipinski definition) is 2. The number of carbonyl (C=O) groups is 1. The zero-order valence-electron chi connectivity index (χ0n) is 17.2. The zero-order valence-corrected chi connectivity index (χ0v) is 17.2. The number of carbonyl (C=O) groups excluding carboxylic acids is 1. The number of aliphatic hydroxyl groups excluding tert-OH is 1. The van der Waals surface area contributed by atoms with Gasteiger partial charge in [-0.15, -0.1) is 0 Å². The van der Waals surface area contributed by atoms with E-state index >= 15 is 0 Å². The largest absolute Gasteiger partial charge is 0.458 e. The number of esters is 1. The third-order valence-electron chi connectivity index (χ3n) is 4.99. The van der Waals surface area contributed by atoms with E-state index in [4.69, 9.17) is 4.74 Å². The second kappa shape index (κ2) is 10.1. The second-order valence-corrected chi connectivity index (χ2v) is 8.23. The van der Waals surface area contributed by atoms with Gasteiger partial charge in [-0.3, -0.25) is 4.79 Å². The summed E-state index contributed by atoms with van der Waals surface area (Å²) in [4.78, 5) is 11.4. The topological polar surface area (TPSA) is 66.8 Å². The number of hydrogen-bond acceptors (Lipinski definition) is 4. The fraction of sp³-hybridized carbons (Fsp3) is 0.682. The van der Waals surface area contributed by atoms with Crippen molar-refractivity contribution in [2.45, 2.75) is 85.0 Å². The molecule has 0 aromatic rings. The van der Waals surface area contributed by atoms with Crippen molar-refractivity contribution in [3.05, 3.63) is 35.5 Å². The summed E-state index contributed by atoms with van der Waals surface area (Å²) in [6.45, 7) is 11.3. The number of aliphatic hydroxyl groups is 2. The minimum absolute atomic E-state index is 0.159. The van der Waals surface area contributed by atoms with Crippen LogP contribution >= 0.6 is 0 Å². The normalized spacial score (nSPS) is 37.0. The van der Waals surface area contributed by atoms with Crippen molar-refractivity contribution in [3.63, 3.8) is 0 Å². The quantitative estimate of drug-likeness (QED) is 0.565. The van der Waals surface area contributed by atoms with E-state index in [1.807, 2.05) is 26.0 Å². The fourth-order valence-corrected chi connectivity index (χ4v) is 3.23. The lowest BCUT2D eigenvalue weighted by Gasteiger charge is -2.27. The van der Waals surface area contributed by atoms with Crippen molar-refractivity contribution in [2.75, 3.05) is 0 Å². The van der Waals surface area contributed by atoms with Crippen LogP contribution in [0.4, 0.5) is 0 Å². The van der Waals surface area contributed by atoms with E-state index in [1.54, 1.807) is 13.0 Å². The number of rotatable bonds is 2. The van der Waals surface area contributed by atoms with Crippen LogP contribution in [-0.2, 0) is 9.53 Å². The van der Waals surface area contributed by atoms with Gasteiger partial charge in [-0.1, -0.05) is 37.6 Å². The highest BCUT2D eigenvalue weighted by atomic mass is 16.5. The van der Waals surface area contributed by atoms with Gasteiger partial charge in [-0.25, -0.2) is 0 Å². The monoisotopic (exact) mass is 364 g/mol. The molecule has 4 heteroatoms. The highest BCUT2D eigenvalue weighted by Gasteiger charge is 2.25. The van der Waals surface area contributed by atoms with E-state index in [2.05, 4.69) is 19.9 Å². The summed E-state index contributed by atoms with van der Waals surface area (Å²) in [6, 6.07) is 0. The maximum absolute atomic E-state index is 11.4. The van der Waals surface area contributed by atoms with Gasteiger partial charge in [-0.2, -0.15) is 0 Å². The van der Waals surface area contributed by atoms with Crippen LogP contribution in [0.3, 0.4) is 0 Å². The summed E-state index contributed by atoms with van der Waals surface area (Å²) in [6.07, 6.45) is 9.46. The molecule has 4 nitrogen and oxygen atoms in total. The SMILES string of the molecule is CC(=O)O[C@H]1/C=C(\C)CC/C=C(\C)[C@H](O)C[C@@H](C(C)C)/C=C/[C@@](C)(O)C1. The molecule has 4 atom stereocenters. The molecule has 1 aliphatic carbocycles. The van der Waals surface area contributed by atoms with E-state index < -0.39 is 17.8 Å². The molecule has 1 aliphatic rings. The number of allylic oxidation sites excluding steroid dienone is 3. The third kappa shape index (κ3) is 8.33. The summed E-state index contributed by atoms with van der Waals surface area (Å²) >= 11 is 0. The molecule has 0 amide bonds. The molecule has 0 aromatic heterocycles. The summed E-state index contributed by atoms with van der Waals surface area (Å²) in [5, 5.41) is 21.3. The molecule has 0 unspecified atom stereocenters. The van der Waals surface area contributed by atoms with Crippen LogP contribution < -0.4 is 0 Å². The van der Waals surface area contributed by atoms with E-state index in [9.17, 15) is 15.0 Å². The summed E-state index contributed by atoms with van der Waals surface area (Å²) < 4.78 is 5.40. The Morgan fingerprint density at radius 2 is 2.00 bits per heavy atom. The van der Waals surface area contributed by atoms with Crippen LogP contribution in [0.1, 0.15) is 67.2 Å². The van der Waals surface area contributed by atoms with Crippen LogP contribution in [0, 0.1) is 11.8 Å². The van der Waals surface area contributed by atoms with Crippen LogP contribution in [0.15, 0.2) is 35.5 Å². The van der Waals surface area contributed by atoms with Crippen LogP contribution in [0.5, 0.6) is 0 Å². The Hall–Kier alpha value is -1.39. The first kappa shape index (κ1) is 22.7. The van der Waals surface area contributed by atoms with Gasteiger partial charge in [0.15, 0.2) is 0 Å². The van der Waals surface area contributed by atoms with Crippen molar-refractivity contribution in [3.8, 4) is 0 Å². The first-order valence-corrected chi connectivity index (χ1v) is 9.61. The molecule has 0 radical (unpaired) electrons. The van der Waals surface area contributed by atoms with Crippen molar-refractivity contribution in [1.82, 2.24) is 0 Å². The number of ether oxygens (including phenoxy) is 1. The van der Waals surface area contributed by atoms with Gasteiger partial charge in [0.2, 0.25) is 0 Å². The highest BCUT2D eigenvalue weighted by Crippen LogP contribution is 2.26. The average Bonchev–Trinajstić information content (AvgIpc) is 2.48. The van der Waals surface area contributed by atoms with E-state index in [1.165, 1.54) is 6.92 Å². The average molecular weight is 365 g/mol. The molecular formula is C22H36O4. The van der Waals surface area contributed by atoms with Crippen LogP contribution in [-0.4, -0.2) is 34.0 Å². The Kier molecular flexibility index (Phi) is 8.78. The molecule has 0 saturated carbocycles. The molecule has 0 aliphatic heterocycles. The Bertz CT molecular complexity index is 554. The van der Waals surface area contributed by atoms with Crippen molar-refractivity contribution >= 4 is 5.97 Å². The summed E-state index contributed by atoms with van der Waals surface area (Å²) in [5.41, 5.74) is 0.994. The molecular weight excluding hydrogens is 328 g/mol. The maximum atomic E-state index is 11.4. The van der Waals surface area contributed by atoms with Gasteiger partial charge >= 0.3 is 5.97 Å². The lowest BCUT2D eigenvalue weighted by Crippen LogP contribution is -2.30. The fourth-order valence-electron chi connectivity index (χ4n) is 3.23. The first-order valence-electron chi connectivity index (χ1n) is 9.61. The molecule has 26 heavy (non-hydrogen) atoms. The molecule has 148 valence electrons. The van der Waals surface area contributed by atoms with Gasteiger partial charge in [0.1, 0.15) is 6.10 Å². The lowest BCUT2D eigenvalue weighted by molar-refractivity contribution is -0.145. The van der Waals surface area contributed by atoms with Crippen molar-refractivity contribution < 1.29 is 19.7 Å². The Balaban J connectivity index is 3.18. The molecule has 0 bridgehead atoms. The highest BCUT2D eigenvalue weighted by molar-refractivity contribution is 5.66. The predicted octanol–water partition coefficient (Wildman–Crippen LogP) is 4.33. The van der Waals surface area contributed by atoms with Crippen molar-refractivity contribution in [1.29, 1.82) is 0 Å². The summed E-state index contributed by atoms with van der Waals surface area (Å²) in [7, 11) is 0. The Labute approximate surface area is 158 Å². The molecule has 0 aromatic carbocycles. The van der Waals surface area contributed by atoms with E-state index in [-0.39, 0.29) is 11.9 Å². The van der Waals surface area contributed by atoms with Gasteiger partial charge in [0, 0.05) is 13.3 Å². The smallest absolute Gasteiger partial charge is 0.303 e. The lowest BCUT2D eigenvalue weighted by atomic mass is 9.85. The molecule has 1 rings (SSSR count). The van der Waals surface area contributed by atoms with Crippen LogP contribution in [0.25, 0.3) is 0 Å². The maximum Gasteiger partial charge on any atom is 0.303 e. The minimum atomic E-state index is -1.09. The first-order chi connectivity index (χ1) is 12.0. The van der Waals surface area contributed by atoms with Gasteiger partial charge < -0.3 is 14.9 Å². The second-order valence-electron chi connectivity index (χ2n) is 8.23. The third-order valence-corrected chi connectivity index (χ3v) is 4.99. The Morgan fingerprint density at radius 1 is 1.35 bits per heavy atom. The van der Waals surface area contributed by atoms with Gasteiger partial charge in [0.25, 0.3) is 0 Å². The minimum Gasteiger partial charge on any atom is -0.458 e. The van der Waals surface area contributed by atoms with E-state index in [0.29, 0.717) is 18.8 Å². The summed E-state index contributed by atoms with van der Waals surface area (Å²) in [5.74, 6) is 0.162. The molecule has 2 N–H and O–H groups in total. The van der Waals surface area contributed by atoms with E-state index in [0.717, 1.165) is 24.0 Å². The van der Waals surface area contributed by atoms with Gasteiger partial charge in [0.05, 0.1) is 11.7 Å². The standard InChI is InChI=1S/C22H36O4/c1-15(2)19-10-11-22(6,25)14-20(26-18(5)23)12-16(3)8-7-9-17(4)21(24)13-19/h9-12,15,19-21,24-25H,7-8,13-14H2,1-6H3/b11-10+,16-12+,17-9+/t19-,20-,21+,22+/m0/s1. The van der Waals surface area contributed by atoms with Crippen molar-refractivity contribution in [2.24, 2.45) is 11.8 Å². The molecule has 0 saturated heterocycles. The zero-order chi connectivity index (χ0) is 19.9. The van der Waals surface area contributed by atoms with Gasteiger partial charge in [-0.05, 0) is 63.5 Å². The Morgan fingerprint density at radius 3 is 2.58 bits per heavy atom. The van der Waals surface area contributed by atoms with Crippen LogP contribution in [0.2, 0.25) is 0 Å². The predicted molar refractivity (Wildman–Crippen MR) is 106 cm³/mol.